The third-order valence-corrected chi connectivity index (χ3v) is 4.53. The van der Waals surface area contributed by atoms with Crippen LogP contribution in [0.3, 0.4) is 0 Å². The molecule has 0 amide bonds. The lowest BCUT2D eigenvalue weighted by Gasteiger charge is -2.04. The van der Waals surface area contributed by atoms with Crippen molar-refractivity contribution >= 4 is 17.6 Å². The van der Waals surface area contributed by atoms with Crippen LogP contribution in [-0.2, 0) is 0 Å². The molecule has 0 fully saturated rings. The first kappa shape index (κ1) is 18.0. The fourth-order valence-corrected chi connectivity index (χ4v) is 3.25. The summed E-state index contributed by atoms with van der Waals surface area (Å²) in [5.41, 5.74) is 4.94. The van der Waals surface area contributed by atoms with Gasteiger partial charge in [-0.25, -0.2) is 9.07 Å². The second-order valence-corrected chi connectivity index (χ2v) is 6.99. The van der Waals surface area contributed by atoms with Gasteiger partial charge in [-0.05, 0) is 43.7 Å². The van der Waals surface area contributed by atoms with Crippen LogP contribution in [0.5, 0.6) is 0 Å². The number of nitrogens with zero attached hydrogens (tertiary/aromatic N) is 3. The predicted molar refractivity (Wildman–Crippen MR) is 107 cm³/mol. The molecule has 3 rings (SSSR count). The minimum atomic E-state index is -0.258. The zero-order chi connectivity index (χ0) is 18.5. The Morgan fingerprint density at radius 1 is 1.23 bits per heavy atom. The third kappa shape index (κ3) is 4.43. The number of rotatable bonds is 5. The van der Waals surface area contributed by atoms with Crippen molar-refractivity contribution in [1.29, 1.82) is 0 Å². The highest BCUT2D eigenvalue weighted by molar-refractivity contribution is 7.07. The van der Waals surface area contributed by atoms with E-state index < -0.39 is 0 Å². The van der Waals surface area contributed by atoms with Gasteiger partial charge in [0.1, 0.15) is 5.82 Å². The van der Waals surface area contributed by atoms with Gasteiger partial charge >= 0.3 is 0 Å². The van der Waals surface area contributed by atoms with Crippen molar-refractivity contribution in [3.8, 4) is 11.3 Å². The molecule has 1 aromatic heterocycles. The summed E-state index contributed by atoms with van der Waals surface area (Å²) in [5.74, 6) is -0.258. The van der Waals surface area contributed by atoms with E-state index in [1.165, 1.54) is 29.0 Å². The predicted octanol–water partition coefficient (Wildman–Crippen LogP) is 5.02. The first-order chi connectivity index (χ1) is 12.5. The fourth-order valence-electron chi connectivity index (χ4n) is 2.42. The summed E-state index contributed by atoms with van der Waals surface area (Å²) in [4.78, 5) is 5.37. The van der Waals surface area contributed by atoms with Crippen molar-refractivity contribution in [1.82, 2.24) is 4.68 Å². The van der Waals surface area contributed by atoms with Crippen molar-refractivity contribution in [2.45, 2.75) is 13.8 Å². The summed E-state index contributed by atoms with van der Waals surface area (Å²) in [6.45, 7) is 8.44. The molecule has 0 aliphatic heterocycles. The monoisotopic (exact) mass is 365 g/mol. The van der Waals surface area contributed by atoms with Gasteiger partial charge in [0.05, 0.1) is 18.5 Å². The van der Waals surface area contributed by atoms with Crippen LogP contribution in [0.4, 0.5) is 4.39 Å². The zero-order valence-corrected chi connectivity index (χ0v) is 15.6. The molecule has 0 spiro atoms. The average molecular weight is 365 g/mol. The van der Waals surface area contributed by atoms with Gasteiger partial charge in [-0.15, -0.1) is 11.3 Å². The van der Waals surface area contributed by atoms with E-state index in [4.69, 9.17) is 0 Å². The quantitative estimate of drug-likeness (QED) is 0.449. The maximum absolute atomic E-state index is 13.3. The summed E-state index contributed by atoms with van der Waals surface area (Å²) in [6.07, 6.45) is 1.81. The van der Waals surface area contributed by atoms with E-state index >= 15 is 0 Å². The van der Waals surface area contributed by atoms with Crippen molar-refractivity contribution in [2.75, 3.05) is 6.54 Å². The number of thiazole rings is 1. The summed E-state index contributed by atoms with van der Waals surface area (Å²) >= 11 is 1.50. The Labute approximate surface area is 156 Å². The fraction of sp³-hybridized carbons (Fsp3) is 0.143. The normalized spacial score (nSPS) is 12.0. The highest BCUT2D eigenvalue weighted by Crippen LogP contribution is 2.20. The van der Waals surface area contributed by atoms with Crippen LogP contribution in [0.2, 0.25) is 0 Å². The van der Waals surface area contributed by atoms with Crippen LogP contribution in [-0.4, -0.2) is 17.4 Å². The Balaban J connectivity index is 2.07. The van der Waals surface area contributed by atoms with Gasteiger partial charge < -0.3 is 0 Å². The van der Waals surface area contributed by atoms with Crippen molar-refractivity contribution in [3.05, 3.63) is 87.8 Å². The number of halogens is 1. The Morgan fingerprint density at radius 3 is 2.69 bits per heavy atom. The van der Waals surface area contributed by atoms with Gasteiger partial charge in [0.25, 0.3) is 0 Å². The molecule has 2 aromatic carbocycles. The van der Waals surface area contributed by atoms with Gasteiger partial charge in [-0.2, -0.15) is 5.10 Å². The van der Waals surface area contributed by atoms with Gasteiger partial charge in [0, 0.05) is 10.9 Å². The van der Waals surface area contributed by atoms with E-state index in [1.54, 1.807) is 16.8 Å². The molecule has 0 bridgehead atoms. The first-order valence-corrected chi connectivity index (χ1v) is 9.13. The van der Waals surface area contributed by atoms with Crippen LogP contribution >= 0.6 is 11.3 Å². The Morgan fingerprint density at radius 2 is 2.00 bits per heavy atom. The molecular formula is C21H20FN3S. The molecular weight excluding hydrogens is 345 g/mol. The Hall–Kier alpha value is -2.79. The van der Waals surface area contributed by atoms with Crippen LogP contribution in [0, 0.1) is 12.7 Å². The van der Waals surface area contributed by atoms with Crippen LogP contribution in [0.15, 0.2) is 76.2 Å². The molecule has 3 nitrogen and oxygen atoms in total. The molecule has 0 aliphatic rings. The summed E-state index contributed by atoms with van der Waals surface area (Å²) in [7, 11) is 0. The molecule has 0 N–H and O–H groups in total. The van der Waals surface area contributed by atoms with Gasteiger partial charge in [0.2, 0.25) is 4.80 Å². The Kier molecular flexibility index (Phi) is 5.58. The minimum absolute atomic E-state index is 0.258. The maximum Gasteiger partial charge on any atom is 0.206 e. The lowest BCUT2D eigenvalue weighted by atomic mass is 10.1. The molecule has 0 saturated carbocycles. The SMILES string of the molecule is C=C(C)CN=c1scc(-c2ccc(F)cc2)n1N=Cc1cccc(C)c1. The van der Waals surface area contributed by atoms with Crippen LogP contribution in [0.1, 0.15) is 18.1 Å². The molecule has 1 heterocycles. The van der Waals surface area contributed by atoms with Gasteiger partial charge in [-0.1, -0.05) is 42.0 Å². The van der Waals surface area contributed by atoms with Gasteiger partial charge in [0.15, 0.2) is 0 Å². The molecule has 0 unspecified atom stereocenters. The molecule has 0 aliphatic carbocycles. The van der Waals surface area contributed by atoms with E-state index in [9.17, 15) is 4.39 Å². The summed E-state index contributed by atoms with van der Waals surface area (Å²) in [5, 5.41) is 6.62. The molecule has 0 atom stereocenters. The molecule has 5 heteroatoms. The lowest BCUT2D eigenvalue weighted by molar-refractivity contribution is 0.628. The van der Waals surface area contributed by atoms with E-state index in [0.29, 0.717) is 6.54 Å². The number of aromatic nitrogens is 1. The highest BCUT2D eigenvalue weighted by atomic mass is 32.1. The van der Waals surface area contributed by atoms with E-state index in [0.717, 1.165) is 27.2 Å². The Bertz CT molecular complexity index is 1010. The lowest BCUT2D eigenvalue weighted by Crippen LogP contribution is -2.13. The molecule has 0 saturated heterocycles. The topological polar surface area (TPSA) is 29.6 Å². The van der Waals surface area contributed by atoms with Crippen molar-refractivity contribution < 1.29 is 4.39 Å². The minimum Gasteiger partial charge on any atom is -0.253 e. The van der Waals surface area contributed by atoms with Crippen LogP contribution < -0.4 is 4.80 Å². The molecule has 3 aromatic rings. The summed E-state index contributed by atoms with van der Waals surface area (Å²) in [6, 6.07) is 14.5. The highest BCUT2D eigenvalue weighted by Gasteiger charge is 2.07. The second kappa shape index (κ2) is 8.06. The average Bonchev–Trinajstić information content (AvgIpc) is 3.02. The van der Waals surface area contributed by atoms with E-state index in [2.05, 4.69) is 22.7 Å². The van der Waals surface area contributed by atoms with Gasteiger partial charge in [-0.3, -0.25) is 4.99 Å². The summed E-state index contributed by atoms with van der Waals surface area (Å²) < 4.78 is 15.1. The van der Waals surface area contributed by atoms with Crippen molar-refractivity contribution in [2.24, 2.45) is 10.1 Å². The standard InChI is InChI=1S/C21H20FN3S/c1-15(2)12-23-21-25(24-13-17-6-4-5-16(3)11-17)20(14-26-21)18-7-9-19(22)10-8-18/h4-11,13-14H,1,12H2,2-3H3. The maximum atomic E-state index is 13.3. The number of benzene rings is 2. The molecule has 0 radical (unpaired) electrons. The second-order valence-electron chi connectivity index (χ2n) is 6.15. The van der Waals surface area contributed by atoms with E-state index in [-0.39, 0.29) is 5.82 Å². The molecule has 26 heavy (non-hydrogen) atoms. The molecule has 132 valence electrons. The smallest absolute Gasteiger partial charge is 0.206 e. The zero-order valence-electron chi connectivity index (χ0n) is 14.8. The van der Waals surface area contributed by atoms with Crippen molar-refractivity contribution in [3.63, 3.8) is 0 Å². The van der Waals surface area contributed by atoms with E-state index in [1.807, 2.05) is 43.6 Å². The number of aryl methyl sites for hydroxylation is 1. The largest absolute Gasteiger partial charge is 0.253 e. The number of hydrogen-bond donors (Lipinski definition) is 0. The van der Waals surface area contributed by atoms with Crippen LogP contribution in [0.25, 0.3) is 11.3 Å². The third-order valence-electron chi connectivity index (χ3n) is 3.67. The first-order valence-electron chi connectivity index (χ1n) is 8.25. The number of hydrogen-bond acceptors (Lipinski definition) is 3.